The Labute approximate surface area is 294 Å². The van der Waals surface area contributed by atoms with E-state index in [0.717, 1.165) is 62.1 Å². The van der Waals surface area contributed by atoms with Gasteiger partial charge in [-0.1, -0.05) is 44.4 Å². The second-order valence-corrected chi connectivity index (χ2v) is 12.4. The van der Waals surface area contributed by atoms with Gasteiger partial charge >= 0.3 is 18.2 Å². The Balaban J connectivity index is 1.29. The summed E-state index contributed by atoms with van der Waals surface area (Å²) >= 11 is 0. The van der Waals surface area contributed by atoms with Crippen molar-refractivity contribution >= 4 is 0 Å². The van der Waals surface area contributed by atoms with Gasteiger partial charge in [-0.15, -0.1) is 0 Å². The summed E-state index contributed by atoms with van der Waals surface area (Å²) in [5.41, 5.74) is -5.63. The van der Waals surface area contributed by atoms with Crippen LogP contribution >= 0.6 is 0 Å². The van der Waals surface area contributed by atoms with Gasteiger partial charge in [0.25, 0.3) is 6.17 Å². The van der Waals surface area contributed by atoms with Crippen LogP contribution in [0.25, 0.3) is 22.3 Å². The second kappa shape index (κ2) is 15.6. The van der Waals surface area contributed by atoms with Gasteiger partial charge in [-0.25, -0.2) is 26.3 Å². The molecule has 0 bridgehead atoms. The Hall–Kier alpha value is -4.31. The topological polar surface area (TPSA) is 27.7 Å². The fourth-order valence-electron chi connectivity index (χ4n) is 5.79. The van der Waals surface area contributed by atoms with Gasteiger partial charge in [-0.05, 0) is 60.0 Å². The van der Waals surface area contributed by atoms with Crippen molar-refractivity contribution in [3.63, 3.8) is 0 Å². The normalized spacial score (nSPS) is 17.5. The lowest BCUT2D eigenvalue weighted by atomic mass is 9.95. The Morgan fingerprint density at radius 2 is 1.26 bits per heavy atom. The van der Waals surface area contributed by atoms with Crippen LogP contribution in [-0.4, -0.2) is 25.6 Å². The molecule has 1 unspecified atom stereocenters. The van der Waals surface area contributed by atoms with Crippen LogP contribution in [0.3, 0.4) is 0 Å². The highest BCUT2D eigenvalue weighted by Gasteiger charge is 2.59. The van der Waals surface area contributed by atoms with Crippen LogP contribution in [0.5, 0.6) is 5.75 Å². The van der Waals surface area contributed by atoms with Gasteiger partial charge in [0.2, 0.25) is 0 Å². The maximum atomic E-state index is 15.1. The highest BCUT2D eigenvalue weighted by molar-refractivity contribution is 5.72. The second-order valence-electron chi connectivity index (χ2n) is 12.4. The van der Waals surface area contributed by atoms with Crippen molar-refractivity contribution in [3.05, 3.63) is 113 Å². The molecule has 0 radical (unpaired) electrons. The molecule has 5 rings (SSSR count). The number of ether oxygens (including phenoxy) is 3. The van der Waals surface area contributed by atoms with E-state index in [1.807, 2.05) is 0 Å². The summed E-state index contributed by atoms with van der Waals surface area (Å²) in [6.07, 6.45) is -12.4. The first kappa shape index (κ1) is 39.9. The van der Waals surface area contributed by atoms with Gasteiger partial charge in [-0.2, -0.15) is 30.7 Å². The van der Waals surface area contributed by atoms with E-state index >= 15 is 17.6 Å². The van der Waals surface area contributed by atoms with Crippen molar-refractivity contribution in [2.45, 2.75) is 63.3 Å². The molecule has 1 fully saturated rings. The molecule has 286 valence electrons. The van der Waals surface area contributed by atoms with Crippen molar-refractivity contribution in [2.24, 2.45) is 5.92 Å². The van der Waals surface area contributed by atoms with Crippen LogP contribution in [0, 0.1) is 35.0 Å². The van der Waals surface area contributed by atoms with Crippen molar-refractivity contribution in [1.82, 2.24) is 0 Å². The molecule has 0 saturated carbocycles. The third-order valence-electron chi connectivity index (χ3n) is 8.52. The monoisotopic (exact) mass is 768 g/mol. The van der Waals surface area contributed by atoms with Gasteiger partial charge in [0.15, 0.2) is 6.29 Å². The third-order valence-corrected chi connectivity index (χ3v) is 8.52. The molecular weight excluding hydrogens is 739 g/mol. The van der Waals surface area contributed by atoms with Crippen LogP contribution in [0.15, 0.2) is 66.7 Å². The molecule has 1 aliphatic heterocycles. The van der Waals surface area contributed by atoms with E-state index in [-0.39, 0.29) is 29.2 Å². The van der Waals surface area contributed by atoms with Gasteiger partial charge in [0.1, 0.15) is 34.8 Å². The lowest BCUT2D eigenvalue weighted by molar-refractivity contribution is -0.249. The maximum Gasteiger partial charge on any atom is 0.429 e. The number of hydrogen-bond donors (Lipinski definition) is 0. The number of benzene rings is 4. The smallest absolute Gasteiger partial charge is 0.429 e. The average molecular weight is 769 g/mol. The lowest BCUT2D eigenvalue weighted by Gasteiger charge is -2.30. The first-order valence-corrected chi connectivity index (χ1v) is 16.1. The van der Waals surface area contributed by atoms with E-state index in [1.54, 1.807) is 0 Å². The number of unbranched alkanes of at least 4 members (excludes halogenated alkanes) is 2. The molecule has 0 aliphatic carbocycles. The first-order valence-electron chi connectivity index (χ1n) is 16.1. The van der Waals surface area contributed by atoms with Crippen LogP contribution < -0.4 is 4.74 Å². The Morgan fingerprint density at radius 3 is 1.83 bits per heavy atom. The van der Waals surface area contributed by atoms with Gasteiger partial charge in [-0.3, -0.25) is 0 Å². The third kappa shape index (κ3) is 8.75. The van der Waals surface area contributed by atoms with E-state index in [1.165, 1.54) is 6.07 Å². The largest absolute Gasteiger partial charge is 0.429 e. The van der Waals surface area contributed by atoms with E-state index in [0.29, 0.717) is 25.3 Å². The minimum atomic E-state index is -6.16. The zero-order valence-corrected chi connectivity index (χ0v) is 27.5. The molecule has 3 nitrogen and oxygen atoms in total. The van der Waals surface area contributed by atoms with Gasteiger partial charge in [0.05, 0.1) is 24.3 Å². The van der Waals surface area contributed by atoms with Crippen LogP contribution in [0.1, 0.15) is 55.6 Å². The quantitative estimate of drug-likeness (QED) is 0.106. The van der Waals surface area contributed by atoms with E-state index in [9.17, 15) is 39.5 Å². The summed E-state index contributed by atoms with van der Waals surface area (Å²) in [7, 11) is 0. The number of rotatable bonds is 12. The molecule has 1 aliphatic rings. The zero-order valence-electron chi connectivity index (χ0n) is 27.5. The predicted molar refractivity (Wildman–Crippen MR) is 165 cm³/mol. The summed E-state index contributed by atoms with van der Waals surface area (Å²) in [5, 5.41) is 0. The van der Waals surface area contributed by atoms with E-state index < -0.39 is 93.3 Å². The minimum absolute atomic E-state index is 0.0682. The maximum absolute atomic E-state index is 15.1. The predicted octanol–water partition coefficient (Wildman–Crippen LogP) is 12.1. The summed E-state index contributed by atoms with van der Waals surface area (Å²) in [6, 6.07) is 7.64. The van der Waals surface area contributed by atoms with Gasteiger partial charge < -0.3 is 14.2 Å². The highest BCUT2D eigenvalue weighted by atomic mass is 19.4. The van der Waals surface area contributed by atoms with Crippen molar-refractivity contribution in [3.8, 4) is 28.0 Å². The summed E-state index contributed by atoms with van der Waals surface area (Å²) in [6.45, 7) is 2.78. The summed E-state index contributed by atoms with van der Waals surface area (Å²) in [4.78, 5) is 0. The zero-order chi connectivity index (χ0) is 38.9. The standard InChI is InChI=1S/C37H29F13O3/c1-2-3-4-5-19-17-51-33(52-18-19)21-7-11-26(29(40)13-21)37(49,50)53-23-8-10-24(28(39)16-23)20-6-9-25(27(38)12-20)22-14-30(41)32(31(42)15-22)35(44,45)34(43)36(46,47)48/h6-16,19,33-34H,2-5,17-18H2,1H3. The Morgan fingerprint density at radius 1 is 0.679 bits per heavy atom. The molecule has 53 heavy (non-hydrogen) atoms. The molecule has 0 N–H and O–H groups in total. The van der Waals surface area contributed by atoms with E-state index in [4.69, 9.17) is 9.47 Å². The first-order chi connectivity index (χ1) is 24.8. The molecule has 0 spiro atoms. The van der Waals surface area contributed by atoms with Crippen LogP contribution in [0.2, 0.25) is 0 Å². The number of halogens is 13. The molecule has 0 aromatic heterocycles. The molecule has 1 atom stereocenters. The van der Waals surface area contributed by atoms with Crippen LogP contribution in [-0.2, 0) is 21.5 Å². The molecular formula is C37H29F13O3. The molecule has 0 amide bonds. The van der Waals surface area contributed by atoms with Crippen molar-refractivity contribution < 1.29 is 71.3 Å². The molecule has 16 heteroatoms. The molecule has 4 aromatic carbocycles. The van der Waals surface area contributed by atoms with E-state index in [2.05, 4.69) is 11.7 Å². The van der Waals surface area contributed by atoms with Gasteiger partial charge in [0, 0.05) is 28.7 Å². The number of alkyl halides is 8. The molecule has 4 aromatic rings. The van der Waals surface area contributed by atoms with Crippen LogP contribution in [0.4, 0.5) is 57.1 Å². The SMILES string of the molecule is CCCCCC1COC(c2ccc(C(F)(F)Oc3ccc(-c4ccc(-c5cc(F)c(C(F)(F)C(F)C(F)(F)F)c(F)c5)c(F)c4)c(F)c3)c(F)c2)OC1. The number of hydrogen-bond acceptors (Lipinski definition) is 3. The van der Waals surface area contributed by atoms with Crippen molar-refractivity contribution in [1.29, 1.82) is 0 Å². The Bertz CT molecular complexity index is 1900. The summed E-state index contributed by atoms with van der Waals surface area (Å²) in [5.74, 6) is -14.8. The highest BCUT2D eigenvalue weighted by Crippen LogP contribution is 2.45. The molecule has 1 saturated heterocycles. The lowest BCUT2D eigenvalue weighted by Crippen LogP contribution is -2.40. The fourth-order valence-corrected chi connectivity index (χ4v) is 5.79. The Kier molecular flexibility index (Phi) is 11.7. The fraction of sp³-hybridized carbons (Fsp3) is 0.351. The summed E-state index contributed by atoms with van der Waals surface area (Å²) < 4.78 is 199. The van der Waals surface area contributed by atoms with Crippen molar-refractivity contribution in [2.75, 3.05) is 13.2 Å². The average Bonchev–Trinajstić information content (AvgIpc) is 3.07. The minimum Gasteiger partial charge on any atom is -0.429 e. The molecule has 1 heterocycles.